The Hall–Kier alpha value is -3.12. The molecule has 1 atom stereocenters. The van der Waals surface area contributed by atoms with Gasteiger partial charge in [-0.25, -0.2) is 4.68 Å². The number of hydrogen-bond donors (Lipinski definition) is 1. The predicted octanol–water partition coefficient (Wildman–Crippen LogP) is 6.39. The minimum Gasteiger partial charge on any atom is -0.471 e. The summed E-state index contributed by atoms with van der Waals surface area (Å²) in [6.07, 6.45) is 9.15. The molecule has 0 saturated heterocycles. The molecule has 3 rings (SSSR count). The summed E-state index contributed by atoms with van der Waals surface area (Å²) in [5, 5.41) is 7.53. The number of carbonyl (C=O) groups excluding carboxylic acids is 1. The monoisotopic (exact) mass is 490 g/mol. The van der Waals surface area contributed by atoms with E-state index in [0.29, 0.717) is 5.69 Å². The Kier molecular flexibility index (Phi) is 11.5. The summed E-state index contributed by atoms with van der Waals surface area (Å²) in [4.78, 5) is 15.3. The maximum atomic E-state index is 12.8. The van der Waals surface area contributed by atoms with Gasteiger partial charge in [0.25, 0.3) is 5.91 Å². The van der Waals surface area contributed by atoms with E-state index < -0.39 is 0 Å². The molecular formula is C30H42N4O2. The zero-order valence-electron chi connectivity index (χ0n) is 22.2. The topological polar surface area (TPSA) is 59.4 Å². The van der Waals surface area contributed by atoms with Gasteiger partial charge in [-0.1, -0.05) is 82.0 Å². The molecule has 0 saturated carbocycles. The van der Waals surface area contributed by atoms with E-state index in [1.807, 2.05) is 42.5 Å². The molecule has 3 aromatic rings. The van der Waals surface area contributed by atoms with Gasteiger partial charge in [0.2, 0.25) is 0 Å². The number of rotatable bonds is 16. The summed E-state index contributed by atoms with van der Waals surface area (Å²) in [5.74, 6) is 0.617. The third-order valence-electron chi connectivity index (χ3n) is 6.26. The summed E-state index contributed by atoms with van der Waals surface area (Å²) >= 11 is 0. The van der Waals surface area contributed by atoms with Crippen molar-refractivity contribution < 1.29 is 9.53 Å². The van der Waals surface area contributed by atoms with Crippen LogP contribution in [0.5, 0.6) is 5.75 Å². The van der Waals surface area contributed by atoms with E-state index in [1.165, 1.54) is 44.1 Å². The first-order valence-corrected chi connectivity index (χ1v) is 13.4. The molecule has 1 heterocycles. The van der Waals surface area contributed by atoms with Crippen LogP contribution in [0.1, 0.15) is 69.8 Å². The van der Waals surface area contributed by atoms with Gasteiger partial charge in [0.1, 0.15) is 11.4 Å². The Balaban J connectivity index is 1.46. The minimum atomic E-state index is -0.143. The molecule has 0 aliphatic rings. The molecule has 0 aliphatic heterocycles. The highest BCUT2D eigenvalue weighted by atomic mass is 16.5. The van der Waals surface area contributed by atoms with Crippen molar-refractivity contribution in [3.8, 4) is 16.9 Å². The van der Waals surface area contributed by atoms with Gasteiger partial charge in [0, 0.05) is 18.8 Å². The standard InChI is InChI=1S/C30H42N4O2/c1-4-6-11-20-33(21-12-7-5-2)23-25(3)31-30(35)29-19-22-34(32-29)24-36-28-17-15-27(16-18-28)26-13-9-8-10-14-26/h8-10,13-19,22,25H,4-7,11-12,20-21,23-24H2,1-3H3,(H,31,35). The maximum absolute atomic E-state index is 12.8. The Labute approximate surface area is 216 Å². The van der Waals surface area contributed by atoms with Crippen LogP contribution in [0.4, 0.5) is 0 Å². The molecule has 1 aromatic heterocycles. The quantitative estimate of drug-likeness (QED) is 0.236. The number of nitrogens with one attached hydrogen (secondary N) is 1. The van der Waals surface area contributed by atoms with Crippen molar-refractivity contribution in [2.45, 2.75) is 72.1 Å². The van der Waals surface area contributed by atoms with Crippen LogP contribution in [0.15, 0.2) is 66.9 Å². The second-order valence-corrected chi connectivity index (χ2v) is 9.49. The van der Waals surface area contributed by atoms with Crippen molar-refractivity contribution in [1.82, 2.24) is 20.0 Å². The lowest BCUT2D eigenvalue weighted by Gasteiger charge is -2.26. The van der Waals surface area contributed by atoms with Crippen LogP contribution in [-0.4, -0.2) is 46.3 Å². The lowest BCUT2D eigenvalue weighted by atomic mass is 10.1. The van der Waals surface area contributed by atoms with Gasteiger partial charge in [-0.2, -0.15) is 5.10 Å². The van der Waals surface area contributed by atoms with E-state index in [1.54, 1.807) is 16.9 Å². The molecule has 0 fully saturated rings. The van der Waals surface area contributed by atoms with Crippen LogP contribution in [0, 0.1) is 0 Å². The second kappa shape index (κ2) is 15.1. The van der Waals surface area contributed by atoms with Crippen LogP contribution in [0.3, 0.4) is 0 Å². The van der Waals surface area contributed by atoms with Gasteiger partial charge in [-0.15, -0.1) is 0 Å². The van der Waals surface area contributed by atoms with Crippen molar-refractivity contribution in [2.75, 3.05) is 19.6 Å². The Morgan fingerprint density at radius 1 is 0.917 bits per heavy atom. The summed E-state index contributed by atoms with van der Waals surface area (Å²) in [5.41, 5.74) is 2.73. The fraction of sp³-hybridized carbons (Fsp3) is 0.467. The van der Waals surface area contributed by atoms with E-state index >= 15 is 0 Å². The average Bonchev–Trinajstić information content (AvgIpc) is 3.38. The molecule has 6 heteroatoms. The molecule has 0 radical (unpaired) electrons. The first kappa shape index (κ1) is 27.5. The predicted molar refractivity (Wildman–Crippen MR) is 147 cm³/mol. The second-order valence-electron chi connectivity index (χ2n) is 9.49. The SMILES string of the molecule is CCCCCN(CCCCC)CC(C)NC(=O)c1ccn(COc2ccc(-c3ccccc3)cc2)n1. The molecule has 2 aromatic carbocycles. The van der Waals surface area contributed by atoms with E-state index in [4.69, 9.17) is 4.74 Å². The van der Waals surface area contributed by atoms with Gasteiger partial charge in [0.05, 0.1) is 0 Å². The van der Waals surface area contributed by atoms with Crippen LogP contribution in [-0.2, 0) is 6.73 Å². The van der Waals surface area contributed by atoms with E-state index in [0.717, 1.165) is 30.9 Å². The summed E-state index contributed by atoms with van der Waals surface area (Å²) in [7, 11) is 0. The highest BCUT2D eigenvalue weighted by Gasteiger charge is 2.15. The van der Waals surface area contributed by atoms with Gasteiger partial charge < -0.3 is 15.0 Å². The number of unbranched alkanes of at least 4 members (excludes halogenated alkanes) is 4. The number of nitrogens with zero attached hydrogens (tertiary/aromatic N) is 3. The highest BCUT2D eigenvalue weighted by molar-refractivity contribution is 5.92. The molecule has 0 spiro atoms. The number of benzene rings is 2. The smallest absolute Gasteiger partial charge is 0.272 e. The fourth-order valence-corrected chi connectivity index (χ4v) is 4.27. The molecule has 194 valence electrons. The van der Waals surface area contributed by atoms with Crippen molar-refractivity contribution in [1.29, 1.82) is 0 Å². The number of amides is 1. The zero-order chi connectivity index (χ0) is 25.6. The Morgan fingerprint density at radius 2 is 1.56 bits per heavy atom. The lowest BCUT2D eigenvalue weighted by Crippen LogP contribution is -2.42. The van der Waals surface area contributed by atoms with Gasteiger partial charge >= 0.3 is 0 Å². The highest BCUT2D eigenvalue weighted by Crippen LogP contribution is 2.22. The summed E-state index contributed by atoms with van der Waals surface area (Å²) in [6.45, 7) is 9.83. The van der Waals surface area contributed by atoms with Crippen LogP contribution < -0.4 is 10.1 Å². The number of hydrogen-bond acceptors (Lipinski definition) is 4. The Morgan fingerprint density at radius 3 is 2.19 bits per heavy atom. The third kappa shape index (κ3) is 9.15. The van der Waals surface area contributed by atoms with Crippen LogP contribution >= 0.6 is 0 Å². The van der Waals surface area contributed by atoms with Crippen molar-refractivity contribution in [3.05, 3.63) is 72.6 Å². The van der Waals surface area contributed by atoms with Crippen molar-refractivity contribution >= 4 is 5.91 Å². The van der Waals surface area contributed by atoms with Crippen LogP contribution in [0.25, 0.3) is 11.1 Å². The lowest BCUT2D eigenvalue weighted by molar-refractivity contribution is 0.0921. The maximum Gasteiger partial charge on any atom is 0.272 e. The molecule has 1 unspecified atom stereocenters. The Bertz CT molecular complexity index is 1010. The largest absolute Gasteiger partial charge is 0.471 e. The molecule has 6 nitrogen and oxygen atoms in total. The van der Waals surface area contributed by atoms with E-state index in [-0.39, 0.29) is 18.7 Å². The number of aromatic nitrogens is 2. The molecule has 1 N–H and O–H groups in total. The molecular weight excluding hydrogens is 448 g/mol. The van der Waals surface area contributed by atoms with Gasteiger partial charge in [-0.3, -0.25) is 4.79 Å². The average molecular weight is 491 g/mol. The number of ether oxygens (including phenoxy) is 1. The van der Waals surface area contributed by atoms with Crippen LogP contribution in [0.2, 0.25) is 0 Å². The van der Waals surface area contributed by atoms with Gasteiger partial charge in [0.15, 0.2) is 6.73 Å². The molecule has 1 amide bonds. The normalized spacial score (nSPS) is 12.0. The van der Waals surface area contributed by atoms with Gasteiger partial charge in [-0.05, 0) is 62.2 Å². The minimum absolute atomic E-state index is 0.0604. The molecule has 0 aliphatic carbocycles. The summed E-state index contributed by atoms with van der Waals surface area (Å²) in [6, 6.07) is 20.0. The fourth-order valence-electron chi connectivity index (χ4n) is 4.27. The summed E-state index contributed by atoms with van der Waals surface area (Å²) < 4.78 is 7.51. The van der Waals surface area contributed by atoms with Crippen molar-refractivity contribution in [2.24, 2.45) is 0 Å². The number of carbonyl (C=O) groups is 1. The van der Waals surface area contributed by atoms with Crippen molar-refractivity contribution in [3.63, 3.8) is 0 Å². The first-order chi connectivity index (χ1) is 17.6. The molecule has 36 heavy (non-hydrogen) atoms. The first-order valence-electron chi connectivity index (χ1n) is 13.4. The third-order valence-corrected chi connectivity index (χ3v) is 6.26. The zero-order valence-corrected chi connectivity index (χ0v) is 22.2. The van der Waals surface area contributed by atoms with E-state index in [9.17, 15) is 4.79 Å². The molecule has 0 bridgehead atoms. The van der Waals surface area contributed by atoms with E-state index in [2.05, 4.69) is 48.2 Å².